The van der Waals surface area contributed by atoms with Crippen molar-refractivity contribution in [2.45, 2.75) is 15.8 Å². The first-order chi connectivity index (χ1) is 14.8. The van der Waals surface area contributed by atoms with Crippen LogP contribution in [0.15, 0.2) is 70.4 Å². The molecule has 31 heavy (non-hydrogen) atoms. The maximum atomic E-state index is 13.0. The van der Waals surface area contributed by atoms with Crippen molar-refractivity contribution in [3.05, 3.63) is 77.3 Å². The van der Waals surface area contributed by atoms with E-state index in [1.54, 1.807) is 6.08 Å². The van der Waals surface area contributed by atoms with E-state index < -0.39 is 15.9 Å². The van der Waals surface area contributed by atoms with Crippen LogP contribution >= 0.6 is 34.7 Å². The molecule has 0 unspecified atom stereocenters. The Morgan fingerprint density at radius 2 is 2.00 bits per heavy atom. The average molecular weight is 495 g/mol. The van der Waals surface area contributed by atoms with Crippen molar-refractivity contribution >= 4 is 55.8 Å². The van der Waals surface area contributed by atoms with Crippen molar-refractivity contribution in [2.24, 2.45) is 0 Å². The normalized spacial score (nSPS) is 11.5. The van der Waals surface area contributed by atoms with Gasteiger partial charge in [0, 0.05) is 19.3 Å². The van der Waals surface area contributed by atoms with E-state index in [4.69, 9.17) is 11.6 Å². The van der Waals surface area contributed by atoms with Crippen LogP contribution in [0.3, 0.4) is 0 Å². The van der Waals surface area contributed by atoms with E-state index in [1.807, 2.05) is 30.3 Å². The van der Waals surface area contributed by atoms with Gasteiger partial charge in [-0.3, -0.25) is 10.1 Å². The summed E-state index contributed by atoms with van der Waals surface area (Å²) in [7, 11) is -2.35. The van der Waals surface area contributed by atoms with Gasteiger partial charge >= 0.3 is 0 Å². The molecule has 3 rings (SSSR count). The molecule has 0 bridgehead atoms. The van der Waals surface area contributed by atoms with Gasteiger partial charge in [-0.15, -0.1) is 16.8 Å². The molecular formula is C20H19ClN4O3S3. The minimum absolute atomic E-state index is 0.0278. The Morgan fingerprint density at radius 1 is 1.26 bits per heavy atom. The molecule has 1 aromatic heterocycles. The monoisotopic (exact) mass is 494 g/mol. The third-order valence-electron chi connectivity index (χ3n) is 4.09. The first-order valence-corrected chi connectivity index (χ1v) is 12.6. The van der Waals surface area contributed by atoms with Gasteiger partial charge in [0.1, 0.15) is 0 Å². The van der Waals surface area contributed by atoms with Crippen molar-refractivity contribution < 1.29 is 13.2 Å². The zero-order chi connectivity index (χ0) is 22.4. The smallest absolute Gasteiger partial charge is 0.259 e. The molecule has 7 nitrogen and oxygen atoms in total. The van der Waals surface area contributed by atoms with Gasteiger partial charge in [0.2, 0.25) is 15.2 Å². The van der Waals surface area contributed by atoms with Crippen LogP contribution in [0.1, 0.15) is 15.9 Å². The molecule has 1 heterocycles. The molecule has 2 aromatic carbocycles. The number of halogens is 1. The quantitative estimate of drug-likeness (QED) is 0.266. The van der Waals surface area contributed by atoms with E-state index in [0.29, 0.717) is 15.2 Å². The van der Waals surface area contributed by atoms with Gasteiger partial charge in [-0.05, 0) is 23.8 Å². The minimum Gasteiger partial charge on any atom is -0.296 e. The second kappa shape index (κ2) is 10.4. The van der Waals surface area contributed by atoms with Gasteiger partial charge in [0.15, 0.2) is 4.34 Å². The summed E-state index contributed by atoms with van der Waals surface area (Å²) in [5.74, 6) is 0.106. The van der Waals surface area contributed by atoms with E-state index in [-0.39, 0.29) is 22.0 Å². The number of hydrogen-bond acceptors (Lipinski definition) is 7. The summed E-state index contributed by atoms with van der Waals surface area (Å²) >= 11 is 8.82. The number of sulfonamides is 1. The Balaban J connectivity index is 1.79. The molecule has 162 valence electrons. The summed E-state index contributed by atoms with van der Waals surface area (Å²) in [6.07, 6.45) is 1.74. The summed E-state index contributed by atoms with van der Waals surface area (Å²) in [4.78, 5) is 12.7. The Labute approximate surface area is 194 Å². The van der Waals surface area contributed by atoms with Gasteiger partial charge in [-0.1, -0.05) is 71.1 Å². The number of anilines is 1. The Kier molecular flexibility index (Phi) is 7.84. The van der Waals surface area contributed by atoms with Crippen LogP contribution in [0.25, 0.3) is 0 Å². The summed E-state index contributed by atoms with van der Waals surface area (Å²) in [6.45, 7) is 3.84. The molecule has 0 saturated heterocycles. The molecule has 0 spiro atoms. The molecule has 0 fully saturated rings. The molecule has 3 aromatic rings. The van der Waals surface area contributed by atoms with E-state index >= 15 is 0 Å². The van der Waals surface area contributed by atoms with E-state index in [9.17, 15) is 13.2 Å². The molecule has 0 radical (unpaired) electrons. The van der Waals surface area contributed by atoms with Crippen LogP contribution in [-0.4, -0.2) is 41.6 Å². The number of carbonyl (C=O) groups is 1. The number of carbonyl (C=O) groups excluding carboxylic acids is 1. The molecule has 1 amide bonds. The Bertz CT molecular complexity index is 1180. The first-order valence-electron chi connectivity index (χ1n) is 8.99. The lowest BCUT2D eigenvalue weighted by molar-refractivity contribution is 0.102. The van der Waals surface area contributed by atoms with Crippen molar-refractivity contribution in [2.75, 3.05) is 18.1 Å². The highest BCUT2D eigenvalue weighted by Gasteiger charge is 2.24. The van der Waals surface area contributed by atoms with Gasteiger partial charge in [0.25, 0.3) is 5.91 Å². The zero-order valence-corrected chi connectivity index (χ0v) is 19.7. The summed E-state index contributed by atoms with van der Waals surface area (Å²) in [6, 6.07) is 13.3. The fraction of sp³-hybridized carbons (Fsp3) is 0.150. The number of aromatic nitrogens is 2. The standard InChI is InChI=1S/C20H19ClN4O3S3/c1-3-11-29-20-24-23-19(30-20)22-18(26)16-12-15(9-10-17(16)21)31(27,28)25(2)13-14-7-5-4-6-8-14/h3-10,12H,1,11,13H2,2H3,(H,22,23,26). The number of rotatable bonds is 9. The van der Waals surface area contributed by atoms with Gasteiger partial charge in [-0.2, -0.15) is 4.31 Å². The van der Waals surface area contributed by atoms with Crippen LogP contribution in [0.2, 0.25) is 5.02 Å². The largest absolute Gasteiger partial charge is 0.296 e. The predicted molar refractivity (Wildman–Crippen MR) is 125 cm³/mol. The fourth-order valence-electron chi connectivity index (χ4n) is 2.56. The van der Waals surface area contributed by atoms with Crippen molar-refractivity contribution in [1.29, 1.82) is 0 Å². The van der Waals surface area contributed by atoms with Crippen LogP contribution in [0.4, 0.5) is 5.13 Å². The lowest BCUT2D eigenvalue weighted by atomic mass is 10.2. The SMILES string of the molecule is C=CCSc1nnc(NC(=O)c2cc(S(=O)(=O)N(C)Cc3ccccc3)ccc2Cl)s1. The van der Waals surface area contributed by atoms with Crippen LogP contribution < -0.4 is 5.32 Å². The average Bonchev–Trinajstić information content (AvgIpc) is 3.20. The van der Waals surface area contributed by atoms with E-state index in [2.05, 4.69) is 22.1 Å². The highest BCUT2D eigenvalue weighted by molar-refractivity contribution is 8.01. The molecule has 11 heteroatoms. The fourth-order valence-corrected chi connectivity index (χ4v) is 5.45. The number of nitrogens with zero attached hydrogens (tertiary/aromatic N) is 3. The van der Waals surface area contributed by atoms with Crippen molar-refractivity contribution in [1.82, 2.24) is 14.5 Å². The third kappa shape index (κ3) is 5.92. The summed E-state index contributed by atoms with van der Waals surface area (Å²) in [5.41, 5.74) is 0.883. The van der Waals surface area contributed by atoms with Gasteiger partial charge in [0.05, 0.1) is 15.5 Å². The molecule has 0 aliphatic heterocycles. The summed E-state index contributed by atoms with van der Waals surface area (Å²) < 4.78 is 27.9. The van der Waals surface area contributed by atoms with E-state index in [1.165, 1.54) is 52.7 Å². The third-order valence-corrected chi connectivity index (χ3v) is 8.19. The van der Waals surface area contributed by atoms with Crippen LogP contribution in [0.5, 0.6) is 0 Å². The maximum Gasteiger partial charge on any atom is 0.259 e. The Morgan fingerprint density at radius 3 is 2.71 bits per heavy atom. The lowest BCUT2D eigenvalue weighted by Crippen LogP contribution is -2.27. The zero-order valence-electron chi connectivity index (χ0n) is 16.5. The molecule has 0 aliphatic carbocycles. The number of amides is 1. The molecule has 0 saturated carbocycles. The van der Waals surface area contributed by atoms with Crippen LogP contribution in [-0.2, 0) is 16.6 Å². The maximum absolute atomic E-state index is 13.0. The molecule has 1 N–H and O–H groups in total. The Hall–Kier alpha value is -2.24. The first kappa shape index (κ1) is 23.4. The summed E-state index contributed by atoms with van der Waals surface area (Å²) in [5, 5.41) is 10.9. The predicted octanol–water partition coefficient (Wildman–Crippen LogP) is 4.54. The molecule has 0 aliphatic rings. The van der Waals surface area contributed by atoms with E-state index in [0.717, 1.165) is 5.56 Å². The van der Waals surface area contributed by atoms with Crippen molar-refractivity contribution in [3.63, 3.8) is 0 Å². The number of thioether (sulfide) groups is 1. The topological polar surface area (TPSA) is 92.3 Å². The van der Waals surface area contributed by atoms with Gasteiger partial charge < -0.3 is 0 Å². The number of benzene rings is 2. The van der Waals surface area contributed by atoms with Crippen LogP contribution in [0, 0.1) is 0 Å². The highest BCUT2D eigenvalue weighted by Crippen LogP contribution is 2.28. The lowest BCUT2D eigenvalue weighted by Gasteiger charge is -2.18. The number of hydrogen-bond donors (Lipinski definition) is 1. The molecule has 0 atom stereocenters. The second-order valence-electron chi connectivity index (χ2n) is 6.32. The molecular weight excluding hydrogens is 476 g/mol. The van der Waals surface area contributed by atoms with Crippen molar-refractivity contribution in [3.8, 4) is 0 Å². The second-order valence-corrected chi connectivity index (χ2v) is 11.0. The highest BCUT2D eigenvalue weighted by atomic mass is 35.5. The van der Waals surface area contributed by atoms with Gasteiger partial charge in [-0.25, -0.2) is 8.42 Å². The minimum atomic E-state index is -3.83. The number of nitrogens with one attached hydrogen (secondary N) is 1.